The Bertz CT molecular complexity index is 2360. The van der Waals surface area contributed by atoms with Crippen molar-refractivity contribution in [3.05, 3.63) is 176 Å². The Morgan fingerprint density at radius 3 is 1.67 bits per heavy atom. The summed E-state index contributed by atoms with van der Waals surface area (Å²) in [6.45, 7) is 28.5. The Kier molecular flexibility index (Phi) is 13.9. The molecule has 322 valence electrons. The molecule has 0 radical (unpaired) electrons. The van der Waals surface area contributed by atoms with E-state index in [4.69, 9.17) is 9.72 Å². The van der Waals surface area contributed by atoms with Crippen molar-refractivity contribution in [3.63, 3.8) is 0 Å². The fourth-order valence-corrected chi connectivity index (χ4v) is 7.83. The van der Waals surface area contributed by atoms with Gasteiger partial charge < -0.3 is 26.9 Å². The predicted molar refractivity (Wildman–Crippen MR) is 255 cm³/mol. The molecule has 6 aromatic rings. The number of aromatic nitrogens is 1. The van der Waals surface area contributed by atoms with Crippen molar-refractivity contribution in [1.82, 2.24) is 4.98 Å². The number of allylic oxidation sites excluding steroid dienone is 2. The van der Waals surface area contributed by atoms with Crippen LogP contribution in [0, 0.1) is 30.4 Å². The van der Waals surface area contributed by atoms with Crippen LogP contribution >= 0.6 is 0 Å². The molecular weight excluding hydrogens is 928 g/mol. The molecule has 1 aliphatic rings. The summed E-state index contributed by atoms with van der Waals surface area (Å²) in [5, 5.41) is 0. The van der Waals surface area contributed by atoms with Crippen LogP contribution in [-0.2, 0) is 31.9 Å². The third-order valence-electron chi connectivity index (χ3n) is 10.8. The SMILES string of the molecule is CC(C)(C)C1=C(C(C)(C)C)N(c2cc(C(C)(C)C)cc(C(C)(C)C)c2)CN1c1[c-]c(Oc2[c-]c(N(c3ccccc3)c3ccccn3)ccc2)cc(-c2ccccc2)c1.[CH3-].[Pt]. The van der Waals surface area contributed by atoms with E-state index in [0.717, 1.165) is 34.0 Å². The summed E-state index contributed by atoms with van der Waals surface area (Å²) in [7, 11) is 0. The van der Waals surface area contributed by atoms with Gasteiger partial charge in [-0.15, -0.1) is 42.0 Å². The largest absolute Gasteiger partial charge is 0.509 e. The predicted octanol–water partition coefficient (Wildman–Crippen LogP) is 15.2. The number of pyridine rings is 1. The first-order valence-electron chi connectivity index (χ1n) is 20.8. The van der Waals surface area contributed by atoms with Gasteiger partial charge in [0.2, 0.25) is 0 Å². The Hall–Kier alpha value is -5.12. The van der Waals surface area contributed by atoms with Crippen LogP contribution < -0.4 is 19.4 Å². The molecule has 0 spiro atoms. The van der Waals surface area contributed by atoms with Gasteiger partial charge in [0, 0.05) is 72.4 Å². The standard InChI is InChI=1S/C54H60N4O.CH3.Pt/c1-51(2,3)40-32-41(52(4,5)6)34-45(33-40)57-37-56(49(53(7,8)9)50(57)54(10,11)12)44-30-39(38-22-15-13-16-23-38)31-47(36-44)59-46-27-21-26-43(35-46)58(42-24-17-14-18-25-42)48-28-19-20-29-55-48;;/h13-34H,37H2,1-12H3;1H3;/q-2;-1;. The number of hydrogen-bond acceptors (Lipinski definition) is 5. The zero-order chi connectivity index (χ0) is 42.3. The fraction of sp³-hybridized carbons (Fsp3) is 0.309. The second-order valence-corrected chi connectivity index (χ2v) is 19.8. The van der Waals surface area contributed by atoms with Crippen molar-refractivity contribution in [3.8, 4) is 22.6 Å². The van der Waals surface area contributed by atoms with Crippen molar-refractivity contribution in [1.29, 1.82) is 0 Å². The number of ether oxygens (including phenoxy) is 1. The quantitative estimate of drug-likeness (QED) is 0.142. The summed E-state index contributed by atoms with van der Waals surface area (Å²) in [4.78, 5) is 11.8. The van der Waals surface area contributed by atoms with Gasteiger partial charge >= 0.3 is 0 Å². The van der Waals surface area contributed by atoms with Crippen LogP contribution in [0.25, 0.3) is 11.1 Å². The number of benzene rings is 5. The minimum Gasteiger partial charge on any atom is -0.509 e. The summed E-state index contributed by atoms with van der Waals surface area (Å²) < 4.78 is 6.82. The van der Waals surface area contributed by atoms with Crippen molar-refractivity contribution in [2.45, 2.75) is 93.9 Å². The van der Waals surface area contributed by atoms with Gasteiger partial charge in [-0.3, -0.25) is 0 Å². The maximum atomic E-state index is 6.82. The van der Waals surface area contributed by atoms with Crippen LogP contribution in [-0.4, -0.2) is 11.7 Å². The van der Waals surface area contributed by atoms with Crippen LogP contribution in [0.1, 0.15) is 94.2 Å². The van der Waals surface area contributed by atoms with E-state index < -0.39 is 0 Å². The first-order chi connectivity index (χ1) is 27.8. The van der Waals surface area contributed by atoms with Gasteiger partial charge in [0.25, 0.3) is 0 Å². The summed E-state index contributed by atoms with van der Waals surface area (Å²) in [6, 6.07) is 51.7. The smallest absolute Gasteiger partial charge is 0.135 e. The molecule has 61 heavy (non-hydrogen) atoms. The molecule has 0 fully saturated rings. The van der Waals surface area contributed by atoms with E-state index in [2.05, 4.69) is 183 Å². The minimum absolute atomic E-state index is 0. The zero-order valence-corrected chi connectivity index (χ0v) is 40.7. The molecule has 1 aromatic heterocycles. The Labute approximate surface area is 381 Å². The van der Waals surface area contributed by atoms with Crippen LogP contribution in [0.3, 0.4) is 0 Å². The number of rotatable bonds is 8. The van der Waals surface area contributed by atoms with E-state index in [1.165, 1.54) is 28.2 Å². The van der Waals surface area contributed by atoms with Crippen LogP contribution in [0.2, 0.25) is 0 Å². The second kappa shape index (κ2) is 18.1. The molecule has 0 bridgehead atoms. The molecule has 1 aliphatic heterocycles. The summed E-state index contributed by atoms with van der Waals surface area (Å²) in [6.07, 6.45) is 1.81. The number of anilines is 5. The summed E-state index contributed by atoms with van der Waals surface area (Å²) in [5.41, 5.74) is 11.0. The van der Waals surface area contributed by atoms with Crippen LogP contribution in [0.4, 0.5) is 28.6 Å². The molecule has 0 saturated carbocycles. The normalized spacial score (nSPS) is 13.4. The molecule has 0 atom stereocenters. The van der Waals surface area contributed by atoms with E-state index in [0.29, 0.717) is 18.2 Å². The summed E-state index contributed by atoms with van der Waals surface area (Å²) in [5.74, 6) is 2.00. The van der Waals surface area contributed by atoms with Crippen LogP contribution in [0.5, 0.6) is 11.5 Å². The number of hydrogen-bond donors (Lipinski definition) is 0. The molecule has 0 unspecified atom stereocenters. The third-order valence-corrected chi connectivity index (χ3v) is 10.8. The topological polar surface area (TPSA) is 31.8 Å². The van der Waals surface area contributed by atoms with E-state index in [-0.39, 0.29) is 50.2 Å². The molecular formula is C55H63N4OPt-3. The average molecular weight is 991 g/mol. The van der Waals surface area contributed by atoms with E-state index >= 15 is 0 Å². The number of nitrogens with zero attached hydrogens (tertiary/aromatic N) is 4. The molecule has 0 saturated heterocycles. The van der Waals surface area contributed by atoms with Crippen LogP contribution in [0.15, 0.2) is 145 Å². The van der Waals surface area contributed by atoms with Gasteiger partial charge in [-0.2, -0.15) is 6.07 Å². The average Bonchev–Trinajstić information content (AvgIpc) is 3.62. The van der Waals surface area contributed by atoms with Gasteiger partial charge in [0.1, 0.15) is 5.82 Å². The monoisotopic (exact) mass is 990 g/mol. The maximum absolute atomic E-state index is 6.82. The number of para-hydroxylation sites is 1. The Morgan fingerprint density at radius 2 is 1.11 bits per heavy atom. The first-order valence-corrected chi connectivity index (χ1v) is 20.8. The van der Waals surface area contributed by atoms with Crippen molar-refractivity contribution >= 4 is 28.6 Å². The van der Waals surface area contributed by atoms with E-state index in [1.807, 2.05) is 60.8 Å². The Balaban J connectivity index is 0.00000352. The molecule has 5 nitrogen and oxygen atoms in total. The van der Waals surface area contributed by atoms with Crippen molar-refractivity contribution in [2.75, 3.05) is 21.4 Å². The maximum Gasteiger partial charge on any atom is 0.135 e. The van der Waals surface area contributed by atoms with E-state index in [9.17, 15) is 0 Å². The molecule has 7 rings (SSSR count). The third kappa shape index (κ3) is 10.5. The first kappa shape index (κ1) is 46.9. The summed E-state index contributed by atoms with van der Waals surface area (Å²) >= 11 is 0. The second-order valence-electron chi connectivity index (χ2n) is 19.8. The van der Waals surface area contributed by atoms with E-state index in [1.54, 1.807) is 0 Å². The molecule has 0 aliphatic carbocycles. The van der Waals surface area contributed by atoms with Crippen molar-refractivity contribution < 1.29 is 25.8 Å². The molecule has 5 aromatic carbocycles. The molecule has 6 heteroatoms. The Morgan fingerprint density at radius 1 is 0.541 bits per heavy atom. The zero-order valence-electron chi connectivity index (χ0n) is 38.4. The molecule has 0 amide bonds. The fourth-order valence-electron chi connectivity index (χ4n) is 7.83. The van der Waals surface area contributed by atoms with Gasteiger partial charge in [-0.1, -0.05) is 155 Å². The molecule has 0 N–H and O–H groups in total. The minimum atomic E-state index is -0.196. The van der Waals surface area contributed by atoms with Gasteiger partial charge in [0.05, 0.1) is 6.67 Å². The van der Waals surface area contributed by atoms with Crippen molar-refractivity contribution in [2.24, 2.45) is 10.8 Å². The molecule has 2 heterocycles. The van der Waals surface area contributed by atoms with Gasteiger partial charge in [-0.25, -0.2) is 4.98 Å². The van der Waals surface area contributed by atoms with Gasteiger partial charge in [-0.05, 0) is 63.9 Å². The van der Waals surface area contributed by atoms with Gasteiger partial charge in [0.15, 0.2) is 0 Å².